The van der Waals surface area contributed by atoms with E-state index in [1.807, 2.05) is 0 Å². The Labute approximate surface area is 114 Å². The second kappa shape index (κ2) is 5.80. The lowest BCUT2D eigenvalue weighted by atomic mass is 10.2. The van der Waals surface area contributed by atoms with Crippen molar-refractivity contribution >= 4 is 27.5 Å². The van der Waals surface area contributed by atoms with Gasteiger partial charge in [0.25, 0.3) is 0 Å². The first-order valence-corrected chi connectivity index (χ1v) is 6.92. The van der Waals surface area contributed by atoms with Crippen molar-refractivity contribution in [3.63, 3.8) is 0 Å². The van der Waals surface area contributed by atoms with Gasteiger partial charge in [-0.1, -0.05) is 6.92 Å². The van der Waals surface area contributed by atoms with Crippen LogP contribution in [0.5, 0.6) is 0 Å². The highest BCUT2D eigenvalue weighted by atomic mass is 79.9. The molecule has 0 aromatic heterocycles. The van der Waals surface area contributed by atoms with Crippen LogP contribution in [0.4, 0.5) is 10.1 Å². The molecule has 1 heterocycles. The topological polar surface area (TPSA) is 32.3 Å². The van der Waals surface area contributed by atoms with Gasteiger partial charge in [0.15, 0.2) is 0 Å². The Kier molecular flexibility index (Phi) is 4.35. The zero-order valence-electron chi connectivity index (χ0n) is 10.2. The van der Waals surface area contributed by atoms with E-state index in [4.69, 9.17) is 0 Å². The van der Waals surface area contributed by atoms with Gasteiger partial charge in [0.1, 0.15) is 5.82 Å². The number of amides is 1. The van der Waals surface area contributed by atoms with Crippen LogP contribution >= 0.6 is 15.9 Å². The Bertz CT molecular complexity index is 453. The predicted octanol–water partition coefficient (Wildman–Crippen LogP) is 2.69. The third-order valence-electron chi connectivity index (χ3n) is 3.05. The van der Waals surface area contributed by atoms with Crippen molar-refractivity contribution in [1.29, 1.82) is 0 Å². The molecule has 3 nitrogen and oxygen atoms in total. The average Bonchev–Trinajstić information content (AvgIpc) is 2.68. The van der Waals surface area contributed by atoms with Crippen LogP contribution in [0.3, 0.4) is 0 Å². The van der Waals surface area contributed by atoms with Crippen molar-refractivity contribution in [1.82, 2.24) is 5.32 Å². The van der Waals surface area contributed by atoms with Crippen LogP contribution in [-0.2, 0) is 4.79 Å². The lowest BCUT2D eigenvalue weighted by Crippen LogP contribution is -2.38. The first-order valence-electron chi connectivity index (χ1n) is 6.13. The molecule has 0 spiro atoms. The fourth-order valence-corrected chi connectivity index (χ4v) is 2.69. The summed E-state index contributed by atoms with van der Waals surface area (Å²) >= 11 is 3.30. The predicted molar refractivity (Wildman–Crippen MR) is 73.2 cm³/mol. The van der Waals surface area contributed by atoms with Gasteiger partial charge in [0.05, 0.1) is 11.7 Å². The van der Waals surface area contributed by atoms with E-state index in [9.17, 15) is 9.18 Å². The molecule has 5 heteroatoms. The molecule has 2 rings (SSSR count). The number of rotatable bonds is 4. The summed E-state index contributed by atoms with van der Waals surface area (Å²) in [6.45, 7) is 3.58. The molecular formula is C13H16BrFN2O. The van der Waals surface area contributed by atoms with Crippen LogP contribution in [0.2, 0.25) is 0 Å². The largest absolute Gasteiger partial charge is 0.310 e. The van der Waals surface area contributed by atoms with Crippen LogP contribution in [0.1, 0.15) is 19.8 Å². The minimum absolute atomic E-state index is 0.0655. The molecule has 0 saturated carbocycles. The van der Waals surface area contributed by atoms with Gasteiger partial charge < -0.3 is 10.2 Å². The SMILES string of the molecule is CCCNC1CCN(c2ccc(F)cc2Br)C1=O. The maximum absolute atomic E-state index is 13.0. The number of carbonyl (C=O) groups excluding carboxylic acids is 1. The fraction of sp³-hybridized carbons (Fsp3) is 0.462. The summed E-state index contributed by atoms with van der Waals surface area (Å²) in [6, 6.07) is 4.29. The first kappa shape index (κ1) is 13.5. The van der Waals surface area contributed by atoms with Crippen LogP contribution in [0.25, 0.3) is 0 Å². The smallest absolute Gasteiger partial charge is 0.244 e. The van der Waals surface area contributed by atoms with Crippen molar-refractivity contribution < 1.29 is 9.18 Å². The molecule has 1 N–H and O–H groups in total. The van der Waals surface area contributed by atoms with E-state index < -0.39 is 0 Å². The normalized spacial score (nSPS) is 19.6. The van der Waals surface area contributed by atoms with Gasteiger partial charge in [0, 0.05) is 11.0 Å². The highest BCUT2D eigenvalue weighted by Crippen LogP contribution is 2.30. The van der Waals surface area contributed by atoms with Crippen molar-refractivity contribution in [3.8, 4) is 0 Å². The summed E-state index contributed by atoms with van der Waals surface area (Å²) < 4.78 is 13.6. The molecular weight excluding hydrogens is 299 g/mol. The second-order valence-corrected chi connectivity index (χ2v) is 5.24. The molecule has 0 bridgehead atoms. The molecule has 0 aliphatic carbocycles. The van der Waals surface area contributed by atoms with Gasteiger partial charge >= 0.3 is 0 Å². The van der Waals surface area contributed by atoms with Crippen LogP contribution in [-0.4, -0.2) is 25.0 Å². The Morgan fingerprint density at radius 1 is 1.56 bits per heavy atom. The van der Waals surface area contributed by atoms with Gasteiger partial charge in [-0.25, -0.2) is 4.39 Å². The van der Waals surface area contributed by atoms with Gasteiger partial charge in [0.2, 0.25) is 5.91 Å². The number of hydrogen-bond acceptors (Lipinski definition) is 2. The summed E-state index contributed by atoms with van der Waals surface area (Å²) in [4.78, 5) is 13.9. The summed E-state index contributed by atoms with van der Waals surface area (Å²) in [6.07, 6.45) is 1.80. The zero-order chi connectivity index (χ0) is 13.1. The van der Waals surface area contributed by atoms with Crippen LogP contribution in [0.15, 0.2) is 22.7 Å². The molecule has 1 fully saturated rings. The lowest BCUT2D eigenvalue weighted by molar-refractivity contribution is -0.118. The van der Waals surface area contributed by atoms with E-state index in [-0.39, 0.29) is 17.8 Å². The Morgan fingerprint density at radius 3 is 3.00 bits per heavy atom. The molecule has 1 aromatic rings. The number of hydrogen-bond donors (Lipinski definition) is 1. The lowest BCUT2D eigenvalue weighted by Gasteiger charge is -2.18. The molecule has 0 radical (unpaired) electrons. The molecule has 1 amide bonds. The van der Waals surface area contributed by atoms with Crippen LogP contribution < -0.4 is 10.2 Å². The number of benzene rings is 1. The van der Waals surface area contributed by atoms with Crippen molar-refractivity contribution in [2.45, 2.75) is 25.8 Å². The molecule has 1 atom stereocenters. The number of nitrogens with one attached hydrogen (secondary N) is 1. The van der Waals surface area contributed by atoms with Crippen molar-refractivity contribution in [2.75, 3.05) is 18.0 Å². The quantitative estimate of drug-likeness (QED) is 0.926. The third kappa shape index (κ3) is 2.72. The maximum atomic E-state index is 13.0. The first-order chi connectivity index (χ1) is 8.63. The Hall–Kier alpha value is -0.940. The highest BCUT2D eigenvalue weighted by molar-refractivity contribution is 9.10. The van der Waals surface area contributed by atoms with E-state index in [1.54, 1.807) is 11.0 Å². The number of carbonyl (C=O) groups is 1. The standard InChI is InChI=1S/C13H16BrFN2O/c1-2-6-16-11-5-7-17(13(11)18)12-4-3-9(15)8-10(12)14/h3-4,8,11,16H,2,5-7H2,1H3. The molecule has 98 valence electrons. The number of halogens is 2. The molecule has 1 aromatic carbocycles. The monoisotopic (exact) mass is 314 g/mol. The van der Waals surface area contributed by atoms with E-state index in [0.29, 0.717) is 11.0 Å². The van der Waals surface area contributed by atoms with E-state index >= 15 is 0 Å². The summed E-state index contributed by atoms with van der Waals surface area (Å²) in [5, 5.41) is 3.23. The van der Waals surface area contributed by atoms with E-state index in [2.05, 4.69) is 28.2 Å². The second-order valence-electron chi connectivity index (χ2n) is 4.38. The van der Waals surface area contributed by atoms with Crippen molar-refractivity contribution in [3.05, 3.63) is 28.5 Å². The minimum Gasteiger partial charge on any atom is -0.310 e. The van der Waals surface area contributed by atoms with E-state index in [1.165, 1.54) is 12.1 Å². The van der Waals surface area contributed by atoms with Crippen LogP contribution in [0, 0.1) is 5.82 Å². The minimum atomic E-state index is -0.307. The Morgan fingerprint density at radius 2 is 2.33 bits per heavy atom. The number of nitrogens with zero attached hydrogens (tertiary/aromatic N) is 1. The Balaban J connectivity index is 2.13. The molecule has 1 aliphatic rings. The van der Waals surface area contributed by atoms with Crippen molar-refractivity contribution in [2.24, 2.45) is 0 Å². The molecule has 1 aliphatic heterocycles. The summed E-state index contributed by atoms with van der Waals surface area (Å²) in [5.74, 6) is -0.242. The fourth-order valence-electron chi connectivity index (χ4n) is 2.13. The summed E-state index contributed by atoms with van der Waals surface area (Å²) in [5.41, 5.74) is 0.738. The molecule has 18 heavy (non-hydrogen) atoms. The maximum Gasteiger partial charge on any atom is 0.244 e. The molecule has 1 unspecified atom stereocenters. The zero-order valence-corrected chi connectivity index (χ0v) is 11.8. The summed E-state index contributed by atoms with van der Waals surface area (Å²) in [7, 11) is 0. The van der Waals surface area contributed by atoms with Gasteiger partial charge in [-0.3, -0.25) is 4.79 Å². The van der Waals surface area contributed by atoms with Gasteiger partial charge in [-0.15, -0.1) is 0 Å². The van der Waals surface area contributed by atoms with Gasteiger partial charge in [-0.2, -0.15) is 0 Å². The van der Waals surface area contributed by atoms with Gasteiger partial charge in [-0.05, 0) is 53.5 Å². The third-order valence-corrected chi connectivity index (χ3v) is 3.68. The van der Waals surface area contributed by atoms with E-state index in [0.717, 1.165) is 25.1 Å². The molecule has 1 saturated heterocycles. The highest BCUT2D eigenvalue weighted by Gasteiger charge is 2.32. The average molecular weight is 315 g/mol. The number of anilines is 1.